The molecule has 2 atom stereocenters. The van der Waals surface area contributed by atoms with Crippen molar-refractivity contribution >= 4 is 0 Å². The second kappa shape index (κ2) is 3.33. The Morgan fingerprint density at radius 1 is 1.06 bits per heavy atom. The van der Waals surface area contributed by atoms with Gasteiger partial charge >= 0.3 is 0 Å². The van der Waals surface area contributed by atoms with Crippen LogP contribution in [0.2, 0.25) is 0 Å². The third kappa shape index (κ3) is 1.27. The van der Waals surface area contributed by atoms with Crippen molar-refractivity contribution in [2.75, 3.05) is 0 Å². The van der Waals surface area contributed by atoms with Crippen LogP contribution in [-0.4, -0.2) is 5.11 Å². The Morgan fingerprint density at radius 2 is 1.69 bits per heavy atom. The van der Waals surface area contributed by atoms with Gasteiger partial charge in [-0.2, -0.15) is 0 Å². The lowest BCUT2D eigenvalue weighted by Gasteiger charge is -2.13. The maximum Gasteiger partial charge on any atom is 0.0960 e. The molecular weight excluding hydrogens is 196 g/mol. The predicted octanol–water partition coefficient (Wildman–Crippen LogP) is 3.31. The van der Waals surface area contributed by atoms with Crippen molar-refractivity contribution in [2.24, 2.45) is 11.8 Å². The minimum Gasteiger partial charge on any atom is -0.385 e. The molecule has 0 amide bonds. The zero-order valence-corrected chi connectivity index (χ0v) is 10.2. The first-order valence-electron chi connectivity index (χ1n) is 6.44. The second-order valence-corrected chi connectivity index (χ2v) is 5.62. The molecule has 0 aromatic heterocycles. The van der Waals surface area contributed by atoms with Crippen molar-refractivity contribution in [3.05, 3.63) is 34.9 Å². The molecule has 0 bridgehead atoms. The fourth-order valence-electron chi connectivity index (χ4n) is 3.51. The molecule has 1 aromatic rings. The van der Waals surface area contributed by atoms with Gasteiger partial charge in [-0.05, 0) is 55.2 Å². The minimum atomic E-state index is -0.477. The normalized spacial score (nSPS) is 36.9. The maximum atomic E-state index is 10.8. The molecule has 2 saturated carbocycles. The summed E-state index contributed by atoms with van der Waals surface area (Å²) in [6.45, 7) is 4.26. The molecule has 1 nitrogen and oxygen atoms in total. The van der Waals surface area contributed by atoms with E-state index in [2.05, 4.69) is 32.0 Å². The predicted molar refractivity (Wildman–Crippen MR) is 65.3 cm³/mol. The monoisotopic (exact) mass is 216 g/mol. The third-order valence-corrected chi connectivity index (χ3v) is 4.76. The summed E-state index contributed by atoms with van der Waals surface area (Å²) in [5, 5.41) is 10.8. The first-order chi connectivity index (χ1) is 7.64. The van der Waals surface area contributed by atoms with Crippen LogP contribution in [0.5, 0.6) is 0 Å². The van der Waals surface area contributed by atoms with Gasteiger partial charge in [0, 0.05) is 0 Å². The van der Waals surface area contributed by atoms with Crippen molar-refractivity contribution in [3.8, 4) is 0 Å². The van der Waals surface area contributed by atoms with Crippen LogP contribution < -0.4 is 0 Å². The number of fused-ring (bicyclic) bond motifs is 1. The van der Waals surface area contributed by atoms with Gasteiger partial charge in [0.1, 0.15) is 0 Å². The average molecular weight is 216 g/mol. The number of aryl methyl sites for hydroxylation is 2. The molecule has 1 N–H and O–H groups in total. The summed E-state index contributed by atoms with van der Waals surface area (Å²) >= 11 is 0. The van der Waals surface area contributed by atoms with Crippen molar-refractivity contribution in [3.63, 3.8) is 0 Å². The molecule has 0 saturated heterocycles. The van der Waals surface area contributed by atoms with E-state index in [4.69, 9.17) is 0 Å². The van der Waals surface area contributed by atoms with Crippen molar-refractivity contribution in [2.45, 2.75) is 45.1 Å². The Hall–Kier alpha value is -0.820. The number of aliphatic hydroxyl groups is 1. The van der Waals surface area contributed by atoms with Gasteiger partial charge in [0.2, 0.25) is 0 Å². The van der Waals surface area contributed by atoms with E-state index in [1.807, 2.05) is 0 Å². The summed E-state index contributed by atoms with van der Waals surface area (Å²) < 4.78 is 0. The van der Waals surface area contributed by atoms with Gasteiger partial charge in [0.15, 0.2) is 0 Å². The minimum absolute atomic E-state index is 0.477. The highest BCUT2D eigenvalue weighted by atomic mass is 16.3. The highest BCUT2D eigenvalue weighted by Crippen LogP contribution is 2.64. The SMILES string of the molecule is Cc1ccc(C2(O)C3CCCCC32)cc1C. The Labute approximate surface area is 97.5 Å². The topological polar surface area (TPSA) is 20.2 Å². The molecule has 2 aliphatic rings. The van der Waals surface area contributed by atoms with E-state index >= 15 is 0 Å². The summed E-state index contributed by atoms with van der Waals surface area (Å²) in [5.41, 5.74) is 3.30. The summed E-state index contributed by atoms with van der Waals surface area (Å²) in [6.07, 6.45) is 5.03. The molecule has 16 heavy (non-hydrogen) atoms. The zero-order chi connectivity index (χ0) is 11.3. The van der Waals surface area contributed by atoms with Gasteiger partial charge in [-0.3, -0.25) is 0 Å². The van der Waals surface area contributed by atoms with Gasteiger partial charge in [0.05, 0.1) is 5.60 Å². The molecule has 2 fully saturated rings. The Morgan fingerprint density at radius 3 is 2.25 bits per heavy atom. The van der Waals surface area contributed by atoms with Gasteiger partial charge in [-0.1, -0.05) is 31.0 Å². The van der Waals surface area contributed by atoms with Crippen molar-refractivity contribution in [1.29, 1.82) is 0 Å². The van der Waals surface area contributed by atoms with Crippen LogP contribution in [0, 0.1) is 25.7 Å². The third-order valence-electron chi connectivity index (χ3n) is 4.76. The molecule has 2 aliphatic carbocycles. The van der Waals surface area contributed by atoms with E-state index in [0.717, 1.165) is 5.56 Å². The van der Waals surface area contributed by atoms with E-state index in [-0.39, 0.29) is 0 Å². The molecule has 1 heteroatoms. The molecule has 2 unspecified atom stereocenters. The van der Waals surface area contributed by atoms with Crippen LogP contribution in [0.3, 0.4) is 0 Å². The van der Waals surface area contributed by atoms with Crippen molar-refractivity contribution < 1.29 is 5.11 Å². The van der Waals surface area contributed by atoms with Gasteiger partial charge in [-0.15, -0.1) is 0 Å². The van der Waals surface area contributed by atoms with Crippen LogP contribution in [-0.2, 0) is 5.60 Å². The van der Waals surface area contributed by atoms with E-state index < -0.39 is 5.60 Å². The van der Waals surface area contributed by atoms with Gasteiger partial charge in [0.25, 0.3) is 0 Å². The summed E-state index contributed by atoms with van der Waals surface area (Å²) in [7, 11) is 0. The summed E-state index contributed by atoms with van der Waals surface area (Å²) in [6, 6.07) is 6.46. The van der Waals surface area contributed by atoms with E-state index in [9.17, 15) is 5.11 Å². The lowest BCUT2D eigenvalue weighted by molar-refractivity contribution is 0.118. The Bertz CT molecular complexity index is 409. The van der Waals surface area contributed by atoms with E-state index in [0.29, 0.717) is 11.8 Å². The molecule has 0 spiro atoms. The quantitative estimate of drug-likeness (QED) is 0.763. The molecule has 0 aliphatic heterocycles. The number of benzene rings is 1. The molecule has 3 rings (SSSR count). The van der Waals surface area contributed by atoms with E-state index in [1.54, 1.807) is 0 Å². The highest BCUT2D eigenvalue weighted by Gasteiger charge is 2.64. The van der Waals surface area contributed by atoms with Crippen LogP contribution >= 0.6 is 0 Å². The second-order valence-electron chi connectivity index (χ2n) is 5.62. The standard InChI is InChI=1S/C15H20O/c1-10-7-8-12(9-11(10)2)15(16)13-5-3-4-6-14(13)15/h7-9,13-14,16H,3-6H2,1-2H3. The first-order valence-corrected chi connectivity index (χ1v) is 6.44. The number of rotatable bonds is 1. The number of hydrogen-bond acceptors (Lipinski definition) is 1. The first kappa shape index (κ1) is 10.3. The largest absolute Gasteiger partial charge is 0.385 e. The summed E-state index contributed by atoms with van der Waals surface area (Å²) in [5.74, 6) is 1.09. The smallest absolute Gasteiger partial charge is 0.0960 e. The molecule has 0 heterocycles. The molecular formula is C15H20O. The molecule has 0 radical (unpaired) electrons. The van der Waals surface area contributed by atoms with Crippen LogP contribution in [0.1, 0.15) is 42.4 Å². The van der Waals surface area contributed by atoms with Crippen LogP contribution in [0.4, 0.5) is 0 Å². The fraction of sp³-hybridized carbons (Fsp3) is 0.600. The van der Waals surface area contributed by atoms with Crippen molar-refractivity contribution in [1.82, 2.24) is 0 Å². The fourth-order valence-corrected chi connectivity index (χ4v) is 3.51. The summed E-state index contributed by atoms with van der Waals surface area (Å²) in [4.78, 5) is 0. The van der Waals surface area contributed by atoms with Crippen LogP contribution in [0.25, 0.3) is 0 Å². The van der Waals surface area contributed by atoms with Gasteiger partial charge in [-0.25, -0.2) is 0 Å². The lowest BCUT2D eigenvalue weighted by atomic mass is 9.99. The Balaban J connectivity index is 1.95. The maximum absolute atomic E-state index is 10.8. The lowest BCUT2D eigenvalue weighted by Crippen LogP contribution is -2.10. The Kier molecular flexibility index (Phi) is 2.16. The number of hydrogen-bond donors (Lipinski definition) is 1. The van der Waals surface area contributed by atoms with E-state index in [1.165, 1.54) is 36.8 Å². The van der Waals surface area contributed by atoms with Gasteiger partial charge < -0.3 is 5.11 Å². The zero-order valence-electron chi connectivity index (χ0n) is 10.2. The molecule has 1 aromatic carbocycles. The molecule has 86 valence electrons. The van der Waals surface area contributed by atoms with Crippen LogP contribution in [0.15, 0.2) is 18.2 Å². The highest BCUT2D eigenvalue weighted by molar-refractivity contribution is 5.38. The average Bonchev–Trinajstić information content (AvgIpc) is 2.91.